The lowest BCUT2D eigenvalue weighted by Crippen LogP contribution is -2.11. The van der Waals surface area contributed by atoms with Gasteiger partial charge in [0.1, 0.15) is 5.75 Å². The van der Waals surface area contributed by atoms with E-state index >= 15 is 0 Å². The lowest BCUT2D eigenvalue weighted by Gasteiger charge is -2.12. The van der Waals surface area contributed by atoms with Crippen LogP contribution in [0.1, 0.15) is 22.5 Å². The molecule has 1 aliphatic carbocycles. The first-order valence-corrected chi connectivity index (χ1v) is 6.96. The highest BCUT2D eigenvalue weighted by Gasteiger charge is 2.18. The lowest BCUT2D eigenvalue weighted by atomic mass is 10.1. The normalized spacial score (nSPS) is 18.1. The first-order valence-electron chi connectivity index (χ1n) is 6.14. The zero-order valence-corrected chi connectivity index (χ0v) is 11.6. The number of ether oxygens (including phenoxy) is 2. The van der Waals surface area contributed by atoms with Crippen molar-refractivity contribution in [1.82, 2.24) is 0 Å². The van der Waals surface area contributed by atoms with Gasteiger partial charge in [-0.1, -0.05) is 24.3 Å². The predicted octanol–water partition coefficient (Wildman–Crippen LogP) is 3.02. The molecular formula is C14H17NO3S. The summed E-state index contributed by atoms with van der Waals surface area (Å²) in [6, 6.07) is 1.68. The minimum atomic E-state index is -0.408. The molecule has 1 aromatic heterocycles. The van der Waals surface area contributed by atoms with E-state index in [0.29, 0.717) is 28.2 Å². The fourth-order valence-corrected chi connectivity index (χ4v) is 2.66. The van der Waals surface area contributed by atoms with Gasteiger partial charge in [0, 0.05) is 12.0 Å². The lowest BCUT2D eigenvalue weighted by molar-refractivity contribution is 0.0601. The summed E-state index contributed by atoms with van der Waals surface area (Å²) in [7, 11) is 1.35. The van der Waals surface area contributed by atoms with Crippen LogP contribution < -0.4 is 10.5 Å². The van der Waals surface area contributed by atoms with E-state index < -0.39 is 5.97 Å². The van der Waals surface area contributed by atoms with E-state index in [9.17, 15) is 4.79 Å². The molecular weight excluding hydrogens is 262 g/mol. The average molecular weight is 279 g/mol. The maximum atomic E-state index is 11.6. The minimum Gasteiger partial charge on any atom is -0.491 e. The molecule has 0 fully saturated rings. The molecule has 0 aromatic carbocycles. The third-order valence-electron chi connectivity index (χ3n) is 2.88. The van der Waals surface area contributed by atoms with E-state index in [4.69, 9.17) is 15.2 Å². The van der Waals surface area contributed by atoms with Crippen LogP contribution in [-0.2, 0) is 4.74 Å². The van der Waals surface area contributed by atoms with Crippen molar-refractivity contribution in [1.29, 1.82) is 0 Å². The van der Waals surface area contributed by atoms with Crippen LogP contribution in [0.4, 0.5) is 5.00 Å². The molecule has 4 nitrogen and oxygen atoms in total. The zero-order chi connectivity index (χ0) is 13.7. The Hall–Kier alpha value is -1.75. The molecule has 1 aromatic rings. The van der Waals surface area contributed by atoms with Crippen LogP contribution in [0, 0.1) is 5.92 Å². The summed E-state index contributed by atoms with van der Waals surface area (Å²) in [4.78, 5) is 12.0. The molecule has 0 radical (unpaired) electrons. The Bertz CT molecular complexity index is 505. The van der Waals surface area contributed by atoms with E-state index in [1.807, 2.05) is 12.2 Å². The van der Waals surface area contributed by atoms with Gasteiger partial charge in [0.05, 0.1) is 18.7 Å². The largest absolute Gasteiger partial charge is 0.491 e. The average Bonchev–Trinajstić information content (AvgIpc) is 2.63. The van der Waals surface area contributed by atoms with Crippen molar-refractivity contribution < 1.29 is 14.3 Å². The molecule has 0 saturated carbocycles. The first kappa shape index (κ1) is 13.7. The quantitative estimate of drug-likeness (QED) is 0.861. The monoisotopic (exact) mass is 279 g/mol. The number of allylic oxidation sites excluding steroid dienone is 3. The van der Waals surface area contributed by atoms with E-state index in [-0.39, 0.29) is 0 Å². The highest BCUT2D eigenvalue weighted by atomic mass is 32.1. The molecule has 0 amide bonds. The van der Waals surface area contributed by atoms with E-state index in [2.05, 4.69) is 12.2 Å². The van der Waals surface area contributed by atoms with Crippen LogP contribution in [0.3, 0.4) is 0 Å². The highest BCUT2D eigenvalue weighted by molar-refractivity contribution is 7.18. The fraction of sp³-hybridized carbons (Fsp3) is 0.357. The molecule has 19 heavy (non-hydrogen) atoms. The zero-order valence-electron chi connectivity index (χ0n) is 10.8. The number of carbonyl (C=O) groups is 1. The van der Waals surface area contributed by atoms with Crippen molar-refractivity contribution in [3.05, 3.63) is 35.2 Å². The number of nitrogens with two attached hydrogens (primary N) is 1. The van der Waals surface area contributed by atoms with Gasteiger partial charge >= 0.3 is 5.97 Å². The summed E-state index contributed by atoms with van der Waals surface area (Å²) in [6.07, 6.45) is 10.4. The second-order valence-corrected chi connectivity index (χ2v) is 5.38. The Labute approximate surface area is 116 Å². The Morgan fingerprint density at radius 1 is 1.53 bits per heavy atom. The van der Waals surface area contributed by atoms with Crippen LogP contribution in [0.25, 0.3) is 0 Å². The number of nitrogen functional groups attached to an aromatic ring is 1. The van der Waals surface area contributed by atoms with Gasteiger partial charge in [-0.2, -0.15) is 0 Å². The van der Waals surface area contributed by atoms with Gasteiger partial charge in [-0.25, -0.2) is 4.79 Å². The van der Waals surface area contributed by atoms with Crippen molar-refractivity contribution in [2.24, 2.45) is 5.92 Å². The first-order chi connectivity index (χ1) is 9.20. The van der Waals surface area contributed by atoms with Crippen LogP contribution in [0.2, 0.25) is 0 Å². The van der Waals surface area contributed by atoms with Gasteiger partial charge in [0.25, 0.3) is 0 Å². The molecule has 0 spiro atoms. The number of methoxy groups -OCH3 is 1. The predicted molar refractivity (Wildman–Crippen MR) is 76.6 cm³/mol. The Morgan fingerprint density at radius 3 is 3.16 bits per heavy atom. The van der Waals surface area contributed by atoms with Crippen molar-refractivity contribution in [2.75, 3.05) is 19.5 Å². The van der Waals surface area contributed by atoms with Crippen molar-refractivity contribution >= 4 is 22.3 Å². The van der Waals surface area contributed by atoms with E-state index in [1.165, 1.54) is 18.4 Å². The number of hydrogen-bond donors (Lipinski definition) is 1. The fourth-order valence-electron chi connectivity index (χ4n) is 1.87. The van der Waals surface area contributed by atoms with Gasteiger partial charge in [-0.05, 0) is 12.8 Å². The molecule has 1 aliphatic rings. The molecule has 0 bridgehead atoms. The second kappa shape index (κ2) is 6.43. The Balaban J connectivity index is 2.01. The van der Waals surface area contributed by atoms with Gasteiger partial charge in [-0.3, -0.25) is 0 Å². The summed E-state index contributed by atoms with van der Waals surface area (Å²) < 4.78 is 10.4. The molecule has 1 heterocycles. The summed E-state index contributed by atoms with van der Waals surface area (Å²) in [5.74, 6) is 0.455. The van der Waals surface area contributed by atoms with Gasteiger partial charge < -0.3 is 15.2 Å². The number of hydrogen-bond acceptors (Lipinski definition) is 5. The summed E-state index contributed by atoms with van der Waals surface area (Å²) in [6.45, 7) is 0.540. The summed E-state index contributed by atoms with van der Waals surface area (Å²) >= 11 is 1.19. The second-order valence-electron chi connectivity index (χ2n) is 4.30. The maximum absolute atomic E-state index is 11.6. The third kappa shape index (κ3) is 3.61. The molecule has 5 heteroatoms. The number of carbonyl (C=O) groups excluding carboxylic acids is 1. The van der Waals surface area contributed by atoms with Crippen LogP contribution in [0.5, 0.6) is 5.75 Å². The van der Waals surface area contributed by atoms with Crippen LogP contribution in [0.15, 0.2) is 30.4 Å². The minimum absolute atomic E-state index is 0.349. The van der Waals surface area contributed by atoms with Crippen molar-refractivity contribution in [2.45, 2.75) is 12.8 Å². The Morgan fingerprint density at radius 2 is 2.37 bits per heavy atom. The number of rotatable bonds is 4. The SMILES string of the molecule is COC(=O)c1sc(N)cc1OCC1C=CC=CCC1. The molecule has 102 valence electrons. The number of anilines is 1. The molecule has 0 aliphatic heterocycles. The molecule has 1 unspecified atom stereocenters. The summed E-state index contributed by atoms with van der Waals surface area (Å²) in [5, 5.41) is 0.550. The van der Waals surface area contributed by atoms with Crippen molar-refractivity contribution in [3.63, 3.8) is 0 Å². The molecule has 2 N–H and O–H groups in total. The van der Waals surface area contributed by atoms with Crippen LogP contribution in [-0.4, -0.2) is 19.7 Å². The maximum Gasteiger partial charge on any atom is 0.351 e. The van der Waals surface area contributed by atoms with Crippen LogP contribution >= 0.6 is 11.3 Å². The van der Waals surface area contributed by atoms with E-state index in [0.717, 1.165) is 12.8 Å². The van der Waals surface area contributed by atoms with Gasteiger partial charge in [0.15, 0.2) is 4.88 Å². The molecule has 0 saturated heterocycles. The highest BCUT2D eigenvalue weighted by Crippen LogP contribution is 2.32. The third-order valence-corrected chi connectivity index (χ3v) is 3.80. The summed E-state index contributed by atoms with van der Waals surface area (Å²) in [5.41, 5.74) is 5.71. The Kier molecular flexibility index (Phi) is 4.63. The molecule has 1 atom stereocenters. The van der Waals surface area contributed by atoms with Gasteiger partial charge in [0.2, 0.25) is 0 Å². The standard InChI is InChI=1S/C14H17NO3S/c1-17-14(16)13-11(8-12(15)19-13)18-9-10-6-4-2-3-5-7-10/h2-4,6,8,10H,5,7,9,15H2,1H3. The van der Waals surface area contributed by atoms with Crippen molar-refractivity contribution in [3.8, 4) is 5.75 Å². The topological polar surface area (TPSA) is 61.5 Å². The van der Waals surface area contributed by atoms with Gasteiger partial charge in [-0.15, -0.1) is 11.3 Å². The number of thiophene rings is 1. The number of esters is 1. The smallest absolute Gasteiger partial charge is 0.351 e. The van der Waals surface area contributed by atoms with E-state index in [1.54, 1.807) is 6.07 Å². The molecule has 2 rings (SSSR count).